The second-order valence-electron chi connectivity index (χ2n) is 9.03. The van der Waals surface area contributed by atoms with E-state index in [1.165, 1.54) is 18.2 Å². The maximum absolute atomic E-state index is 13.3. The minimum absolute atomic E-state index is 0. The number of carbonyl (C=O) groups is 3. The number of aromatic amines is 1. The molecular weight excluding hydrogens is 634 g/mol. The van der Waals surface area contributed by atoms with E-state index in [2.05, 4.69) is 25.5 Å². The van der Waals surface area contributed by atoms with Crippen molar-refractivity contribution in [3.05, 3.63) is 75.2 Å². The molecule has 4 rings (SSSR count). The summed E-state index contributed by atoms with van der Waals surface area (Å²) in [7, 11) is 0. The summed E-state index contributed by atoms with van der Waals surface area (Å²) in [5, 5.41) is 53.2. The molecule has 0 unspecified atom stereocenters. The van der Waals surface area contributed by atoms with Crippen molar-refractivity contribution in [2.45, 2.75) is 26.2 Å². The van der Waals surface area contributed by atoms with Crippen LogP contribution in [0.4, 0.5) is 10.8 Å². The molecule has 194 valence electrons. The van der Waals surface area contributed by atoms with Crippen LogP contribution < -0.4 is 175 Å². The molecule has 1 N–H and O–H groups in total. The van der Waals surface area contributed by atoms with Crippen LogP contribution in [0.15, 0.2) is 57.5 Å². The number of hydrogen-bond donors (Lipinski definition) is 1. The summed E-state index contributed by atoms with van der Waals surface area (Å²) in [5.41, 5.74) is -1.78. The van der Waals surface area contributed by atoms with Crippen molar-refractivity contribution in [1.82, 2.24) is 20.0 Å². The molecule has 2 aromatic heterocycles. The van der Waals surface area contributed by atoms with Crippen LogP contribution >= 0.6 is 11.3 Å². The van der Waals surface area contributed by atoms with Crippen molar-refractivity contribution in [3.63, 3.8) is 0 Å². The van der Waals surface area contributed by atoms with Crippen molar-refractivity contribution < 1.29 is 184 Å². The van der Waals surface area contributed by atoms with Crippen molar-refractivity contribution in [2.75, 3.05) is 0 Å². The van der Waals surface area contributed by atoms with Gasteiger partial charge in [-0.15, -0.1) is 20.4 Å². The van der Waals surface area contributed by atoms with E-state index in [-0.39, 0.29) is 176 Å². The first-order valence-electron chi connectivity index (χ1n) is 10.9. The number of carboxylic acids is 3. The Morgan fingerprint density at radius 1 is 0.854 bits per heavy atom. The first kappa shape index (κ1) is 39.0. The van der Waals surface area contributed by atoms with E-state index in [4.69, 9.17) is 0 Å². The molecule has 0 saturated heterocycles. The van der Waals surface area contributed by atoms with Gasteiger partial charge in [0.05, 0.1) is 29.3 Å². The van der Waals surface area contributed by atoms with E-state index in [9.17, 15) is 34.5 Å². The minimum Gasteiger partial charge on any atom is -0.545 e. The largest absolute Gasteiger partial charge is 1.00 e. The second kappa shape index (κ2) is 16.3. The predicted molar refractivity (Wildman–Crippen MR) is 128 cm³/mol. The maximum Gasteiger partial charge on any atom is 1.00 e. The molecule has 0 amide bonds. The molecule has 4 aromatic rings. The van der Waals surface area contributed by atoms with Gasteiger partial charge in [0.1, 0.15) is 5.01 Å². The van der Waals surface area contributed by atoms with Gasteiger partial charge in [-0.1, -0.05) is 50.3 Å². The maximum atomic E-state index is 13.3. The molecule has 17 heteroatoms. The number of azo groups is 1. The van der Waals surface area contributed by atoms with E-state index in [1.54, 1.807) is 26.8 Å². The average molecular weight is 651 g/mol. The fraction of sp³-hybridized carbons (Fsp3) is 0.167. The molecule has 2 aromatic carbocycles. The van der Waals surface area contributed by atoms with Crippen molar-refractivity contribution >= 4 is 40.1 Å². The standard InChI is InChI=1S/C24H20N6O7S.3K/c1-24(2,3)17-16(19(31)30(29-17)15-9-13(21(34)35)8-14(10-15)22(36)37)25-27-23-28-26-18(38-23)11-5-4-6-12(7-11)20(32)33;;;/h4-10,29H,1-3H3,(H,32,33)(H,34,35)(H,36,37);;;/q;3*+1/p-3. The SMILES string of the molecule is CC(C)(C)c1[nH]n(-c2cc(C(=O)[O-])cc(C(=O)[O-])c2)c(=O)c1N=Nc1nnc(-c2cccc(C(=O)[O-])c2)s1.[K+].[K+].[K+]. The van der Waals surface area contributed by atoms with E-state index < -0.39 is 40.0 Å². The summed E-state index contributed by atoms with van der Waals surface area (Å²) in [6.07, 6.45) is 0. The van der Waals surface area contributed by atoms with Crippen LogP contribution in [0, 0.1) is 0 Å². The number of carbonyl (C=O) groups excluding carboxylic acids is 3. The normalized spacial score (nSPS) is 10.8. The molecule has 0 bridgehead atoms. The number of rotatable bonds is 7. The third kappa shape index (κ3) is 9.46. The van der Waals surface area contributed by atoms with Gasteiger partial charge in [0, 0.05) is 11.0 Å². The first-order valence-corrected chi connectivity index (χ1v) is 11.7. The third-order valence-electron chi connectivity index (χ3n) is 5.26. The van der Waals surface area contributed by atoms with Gasteiger partial charge in [0.15, 0.2) is 5.69 Å². The monoisotopic (exact) mass is 650 g/mol. The van der Waals surface area contributed by atoms with Gasteiger partial charge in [-0.2, -0.15) is 0 Å². The van der Waals surface area contributed by atoms with Crippen LogP contribution in [-0.4, -0.2) is 37.9 Å². The van der Waals surface area contributed by atoms with Crippen LogP contribution in [0.3, 0.4) is 0 Å². The van der Waals surface area contributed by atoms with Gasteiger partial charge in [0.2, 0.25) is 0 Å². The zero-order chi connectivity index (χ0) is 27.8. The van der Waals surface area contributed by atoms with Gasteiger partial charge in [0.25, 0.3) is 10.7 Å². The molecule has 0 aliphatic carbocycles. The predicted octanol–water partition coefficient (Wildman–Crippen LogP) is -8.50. The van der Waals surface area contributed by atoms with Crippen LogP contribution in [0.1, 0.15) is 57.5 Å². The number of nitrogens with one attached hydrogen (secondary N) is 1. The quantitative estimate of drug-likeness (QED) is 0.149. The Balaban J connectivity index is 0.00000280. The van der Waals surface area contributed by atoms with E-state index in [0.29, 0.717) is 16.3 Å². The smallest absolute Gasteiger partial charge is 0.545 e. The summed E-state index contributed by atoms with van der Waals surface area (Å²) in [4.78, 5) is 47.2. The van der Waals surface area contributed by atoms with Crippen molar-refractivity contribution in [2.24, 2.45) is 10.2 Å². The number of hydrogen-bond acceptors (Lipinski definition) is 12. The zero-order valence-corrected chi connectivity index (χ0v) is 33.2. The van der Waals surface area contributed by atoms with Crippen LogP contribution in [0.2, 0.25) is 0 Å². The summed E-state index contributed by atoms with van der Waals surface area (Å²) in [6, 6.07) is 8.93. The summed E-state index contributed by atoms with van der Waals surface area (Å²) >= 11 is 0.999. The number of aromatic carboxylic acids is 3. The molecule has 41 heavy (non-hydrogen) atoms. The Morgan fingerprint density at radius 3 is 1.98 bits per heavy atom. The first-order chi connectivity index (χ1) is 17.8. The van der Waals surface area contributed by atoms with Crippen molar-refractivity contribution in [1.29, 1.82) is 0 Å². The number of aromatic nitrogens is 4. The molecule has 0 saturated carbocycles. The Labute approximate surface area is 364 Å². The van der Waals surface area contributed by atoms with E-state index in [1.807, 2.05) is 0 Å². The number of benzene rings is 2. The molecule has 0 aliphatic heterocycles. The Morgan fingerprint density at radius 2 is 1.44 bits per heavy atom. The molecule has 13 nitrogen and oxygen atoms in total. The van der Waals surface area contributed by atoms with Gasteiger partial charge >= 0.3 is 154 Å². The van der Waals surface area contributed by atoms with Crippen molar-refractivity contribution in [3.8, 4) is 16.3 Å². The number of nitrogens with zero attached hydrogens (tertiary/aromatic N) is 5. The fourth-order valence-corrected chi connectivity index (χ4v) is 4.11. The molecule has 0 atom stereocenters. The van der Waals surface area contributed by atoms with Gasteiger partial charge in [-0.25, -0.2) is 4.68 Å². The van der Waals surface area contributed by atoms with Gasteiger partial charge in [-0.3, -0.25) is 9.89 Å². The van der Waals surface area contributed by atoms with E-state index in [0.717, 1.165) is 34.2 Å². The summed E-state index contributed by atoms with van der Waals surface area (Å²) < 4.78 is 0.949. The molecule has 0 fully saturated rings. The topological polar surface area (TPSA) is 209 Å². The summed E-state index contributed by atoms with van der Waals surface area (Å²) in [5.74, 6) is -4.61. The molecule has 2 heterocycles. The Kier molecular flexibility index (Phi) is 15.5. The zero-order valence-electron chi connectivity index (χ0n) is 23.0. The Bertz CT molecular complexity index is 1660. The summed E-state index contributed by atoms with van der Waals surface area (Å²) in [6.45, 7) is 5.37. The molecule has 0 aliphatic rings. The minimum atomic E-state index is -1.64. The fourth-order valence-electron chi connectivity index (χ4n) is 3.45. The molecule has 0 radical (unpaired) electrons. The third-order valence-corrected chi connectivity index (χ3v) is 6.12. The van der Waals surface area contributed by atoms with Gasteiger partial charge < -0.3 is 29.7 Å². The molecule has 0 spiro atoms. The Hall–Kier alpha value is -0.0709. The molecular formula is C24H17K3N6O7S. The number of carboxylic acid groups (broad SMARTS) is 3. The van der Waals surface area contributed by atoms with Crippen LogP contribution in [0.25, 0.3) is 16.3 Å². The van der Waals surface area contributed by atoms with Gasteiger partial charge in [-0.05, 0) is 41.0 Å². The van der Waals surface area contributed by atoms with E-state index >= 15 is 0 Å². The average Bonchev–Trinajstić information content (AvgIpc) is 3.47. The number of H-pyrrole nitrogens is 1. The van der Waals surface area contributed by atoms with Crippen LogP contribution in [-0.2, 0) is 5.41 Å². The van der Waals surface area contributed by atoms with Crippen LogP contribution in [0.5, 0.6) is 0 Å². The second-order valence-corrected chi connectivity index (χ2v) is 9.98.